The van der Waals surface area contributed by atoms with E-state index in [1.807, 2.05) is 13.0 Å². The molecule has 0 spiro atoms. The van der Waals surface area contributed by atoms with Gasteiger partial charge in [-0.25, -0.2) is 0 Å². The number of benzene rings is 2. The van der Waals surface area contributed by atoms with Gasteiger partial charge in [-0.1, -0.05) is 83.0 Å². The Labute approximate surface area is 164 Å². The molecule has 0 amide bonds. The summed E-state index contributed by atoms with van der Waals surface area (Å²) in [6, 6.07) is 10.5. The Kier molecular flexibility index (Phi) is 7.32. The molecule has 0 aliphatic rings. The van der Waals surface area contributed by atoms with Crippen molar-refractivity contribution in [2.75, 3.05) is 0 Å². The highest BCUT2D eigenvalue weighted by Crippen LogP contribution is 2.46. The zero-order chi connectivity index (χ0) is 19.4. The third-order valence-electron chi connectivity index (χ3n) is 5.07. The van der Waals surface area contributed by atoms with Crippen molar-refractivity contribution < 1.29 is 5.11 Å². The summed E-state index contributed by atoms with van der Waals surface area (Å²) in [6.45, 7) is 12.9. The molecule has 142 valence electrons. The van der Waals surface area contributed by atoms with E-state index in [4.69, 9.17) is 11.6 Å². The summed E-state index contributed by atoms with van der Waals surface area (Å²) in [6.07, 6.45) is 2.70. The number of halogens is 1. The number of hydrogen-bond donors (Lipinski definition) is 1. The molecule has 2 aromatic rings. The number of aliphatic hydroxyl groups excluding tert-OH is 1. The van der Waals surface area contributed by atoms with Crippen LogP contribution in [0.25, 0.3) is 11.1 Å². The van der Waals surface area contributed by atoms with Gasteiger partial charge in [-0.2, -0.15) is 0 Å². The largest absolute Gasteiger partial charge is 0.389 e. The fraction of sp³-hybridized carbons (Fsp3) is 0.500. The van der Waals surface area contributed by atoms with Crippen molar-refractivity contribution in [2.45, 2.75) is 78.7 Å². The van der Waals surface area contributed by atoms with Gasteiger partial charge in [0.2, 0.25) is 0 Å². The van der Waals surface area contributed by atoms with Crippen LogP contribution in [0, 0.1) is 0 Å². The Morgan fingerprint density at radius 3 is 1.92 bits per heavy atom. The zero-order valence-electron chi connectivity index (χ0n) is 17.1. The minimum absolute atomic E-state index is 0.257. The van der Waals surface area contributed by atoms with Crippen LogP contribution >= 0.6 is 11.6 Å². The van der Waals surface area contributed by atoms with Crippen molar-refractivity contribution in [3.63, 3.8) is 0 Å². The number of hydrogen-bond acceptors (Lipinski definition) is 1. The summed E-state index contributed by atoms with van der Waals surface area (Å²) in [4.78, 5) is 0. The summed E-state index contributed by atoms with van der Waals surface area (Å²) in [5.74, 6) is 0.602. The van der Waals surface area contributed by atoms with Gasteiger partial charge in [0.05, 0.1) is 6.10 Å². The molecule has 0 aliphatic carbocycles. The molecule has 2 rings (SSSR count). The first-order valence-electron chi connectivity index (χ1n) is 9.92. The zero-order valence-corrected chi connectivity index (χ0v) is 17.8. The molecule has 26 heavy (non-hydrogen) atoms. The second kappa shape index (κ2) is 9.06. The van der Waals surface area contributed by atoms with Crippen LogP contribution in [0.4, 0.5) is 0 Å². The minimum atomic E-state index is -0.554. The molecular formula is C24H33ClO. The van der Waals surface area contributed by atoms with Crippen molar-refractivity contribution in [1.29, 1.82) is 0 Å². The van der Waals surface area contributed by atoms with Gasteiger partial charge in [0.25, 0.3) is 0 Å². The quantitative estimate of drug-likeness (QED) is 0.529. The van der Waals surface area contributed by atoms with E-state index in [2.05, 4.69) is 58.9 Å². The van der Waals surface area contributed by atoms with Gasteiger partial charge in [0.15, 0.2) is 0 Å². The Hall–Kier alpha value is -1.31. The van der Waals surface area contributed by atoms with Gasteiger partial charge < -0.3 is 5.11 Å². The Morgan fingerprint density at radius 1 is 0.885 bits per heavy atom. The Balaban J connectivity index is 2.99. The average Bonchev–Trinajstić information content (AvgIpc) is 2.58. The van der Waals surface area contributed by atoms with Crippen LogP contribution in [0.2, 0.25) is 5.02 Å². The van der Waals surface area contributed by atoms with Crippen LogP contribution in [0.5, 0.6) is 0 Å². The van der Waals surface area contributed by atoms with Crippen LogP contribution in [-0.4, -0.2) is 5.11 Å². The summed E-state index contributed by atoms with van der Waals surface area (Å²) in [5, 5.41) is 11.6. The lowest BCUT2D eigenvalue weighted by atomic mass is 9.78. The monoisotopic (exact) mass is 372 g/mol. The predicted molar refractivity (Wildman–Crippen MR) is 114 cm³/mol. The van der Waals surface area contributed by atoms with Crippen molar-refractivity contribution in [3.05, 3.63) is 57.6 Å². The number of unbranched alkanes of at least 4 members (excludes halogenated alkanes) is 1. The maximum absolute atomic E-state index is 10.7. The van der Waals surface area contributed by atoms with Crippen LogP contribution in [0.15, 0.2) is 30.3 Å². The van der Waals surface area contributed by atoms with Gasteiger partial charge in [-0.15, -0.1) is 0 Å². The number of rotatable bonds is 7. The Morgan fingerprint density at radius 2 is 1.46 bits per heavy atom. The average molecular weight is 373 g/mol. The number of aliphatic hydroxyl groups is 1. The van der Waals surface area contributed by atoms with Crippen LogP contribution in [0.3, 0.4) is 0 Å². The lowest BCUT2D eigenvalue weighted by Crippen LogP contribution is -2.12. The van der Waals surface area contributed by atoms with E-state index in [9.17, 15) is 5.11 Å². The molecule has 0 aromatic heterocycles. The highest BCUT2D eigenvalue weighted by atomic mass is 35.5. The molecule has 2 aromatic carbocycles. The van der Waals surface area contributed by atoms with Gasteiger partial charge in [-0.3, -0.25) is 0 Å². The highest BCUT2D eigenvalue weighted by Gasteiger charge is 2.27. The topological polar surface area (TPSA) is 20.2 Å². The molecule has 1 atom stereocenters. The molecule has 1 nitrogen and oxygen atoms in total. The van der Waals surface area contributed by atoms with Crippen LogP contribution in [0.1, 0.15) is 94.6 Å². The first kappa shape index (κ1) is 21.0. The van der Waals surface area contributed by atoms with Crippen molar-refractivity contribution in [1.82, 2.24) is 0 Å². The molecule has 0 saturated carbocycles. The van der Waals surface area contributed by atoms with E-state index in [0.29, 0.717) is 5.92 Å². The lowest BCUT2D eigenvalue weighted by Gasteiger charge is -2.29. The van der Waals surface area contributed by atoms with Crippen molar-refractivity contribution >= 4 is 11.6 Å². The molecular weight excluding hydrogens is 340 g/mol. The fourth-order valence-electron chi connectivity index (χ4n) is 3.98. The van der Waals surface area contributed by atoms with E-state index in [1.54, 1.807) is 0 Å². The summed E-state index contributed by atoms with van der Waals surface area (Å²) in [5.41, 5.74) is 7.06. The van der Waals surface area contributed by atoms with Gasteiger partial charge in [-0.05, 0) is 65.0 Å². The molecule has 2 heteroatoms. The van der Waals surface area contributed by atoms with E-state index < -0.39 is 6.10 Å². The summed E-state index contributed by atoms with van der Waals surface area (Å²) >= 11 is 6.98. The van der Waals surface area contributed by atoms with Crippen LogP contribution < -0.4 is 0 Å². The Bertz CT molecular complexity index is 730. The van der Waals surface area contributed by atoms with Crippen molar-refractivity contribution in [2.24, 2.45) is 0 Å². The smallest absolute Gasteiger partial charge is 0.0771 e. The van der Waals surface area contributed by atoms with E-state index in [1.165, 1.54) is 22.3 Å². The maximum Gasteiger partial charge on any atom is 0.0771 e. The standard InChI is InChI=1S/C24H33ClO/c1-7-8-14-19-20(15(2)3)24(25)21(16(4)5)22(17(6)26)23(19)18-12-10-9-11-13-18/h9-13,15-17,26H,7-8,14H2,1-6H3. The molecule has 0 bridgehead atoms. The molecule has 0 fully saturated rings. The molecule has 0 saturated heterocycles. The third kappa shape index (κ3) is 4.15. The fourth-order valence-corrected chi connectivity index (χ4v) is 4.63. The first-order chi connectivity index (χ1) is 12.3. The maximum atomic E-state index is 10.7. The summed E-state index contributed by atoms with van der Waals surface area (Å²) < 4.78 is 0. The van der Waals surface area contributed by atoms with Gasteiger partial charge >= 0.3 is 0 Å². The van der Waals surface area contributed by atoms with Gasteiger partial charge in [0, 0.05) is 5.02 Å². The normalized spacial score (nSPS) is 12.8. The second-order valence-corrected chi connectivity index (χ2v) is 8.24. The van der Waals surface area contributed by atoms with E-state index in [0.717, 1.165) is 35.4 Å². The van der Waals surface area contributed by atoms with Gasteiger partial charge in [0.1, 0.15) is 0 Å². The third-order valence-corrected chi connectivity index (χ3v) is 5.48. The van der Waals surface area contributed by atoms with Crippen molar-refractivity contribution in [3.8, 4) is 11.1 Å². The minimum Gasteiger partial charge on any atom is -0.389 e. The van der Waals surface area contributed by atoms with E-state index in [-0.39, 0.29) is 5.92 Å². The molecule has 1 unspecified atom stereocenters. The van der Waals surface area contributed by atoms with E-state index >= 15 is 0 Å². The predicted octanol–water partition coefficient (Wildman–Crippen LogP) is 7.65. The second-order valence-electron chi connectivity index (χ2n) is 7.86. The highest BCUT2D eigenvalue weighted by molar-refractivity contribution is 6.32. The molecule has 0 radical (unpaired) electrons. The van der Waals surface area contributed by atoms with Crippen LogP contribution in [-0.2, 0) is 6.42 Å². The molecule has 0 heterocycles. The first-order valence-corrected chi connectivity index (χ1v) is 10.3. The molecule has 1 N–H and O–H groups in total. The molecule has 0 aliphatic heterocycles. The lowest BCUT2D eigenvalue weighted by molar-refractivity contribution is 0.198. The summed E-state index contributed by atoms with van der Waals surface area (Å²) in [7, 11) is 0. The SMILES string of the molecule is CCCCc1c(-c2ccccc2)c(C(C)O)c(C(C)C)c(Cl)c1C(C)C.